The van der Waals surface area contributed by atoms with Crippen molar-refractivity contribution in [2.45, 2.75) is 22.3 Å². The Morgan fingerprint density at radius 2 is 1.83 bits per heavy atom. The van der Waals surface area contributed by atoms with Crippen LogP contribution < -0.4 is 4.74 Å². The second kappa shape index (κ2) is 11.7. The van der Waals surface area contributed by atoms with Gasteiger partial charge in [-0.25, -0.2) is 0 Å². The summed E-state index contributed by atoms with van der Waals surface area (Å²) in [5.74, 6) is 0.884. The largest absolute Gasteiger partial charge is 0.492 e. The fourth-order valence-electron chi connectivity index (χ4n) is 4.72. The molecular weight excluding hydrogens is 488 g/mol. The Morgan fingerprint density at radius 1 is 1.00 bits per heavy atom. The van der Waals surface area contributed by atoms with Crippen LogP contribution in [0.2, 0.25) is 5.02 Å². The molecule has 188 valence electrons. The van der Waals surface area contributed by atoms with Gasteiger partial charge in [-0.1, -0.05) is 53.7 Å². The molecule has 5 nitrogen and oxygen atoms in total. The van der Waals surface area contributed by atoms with Gasteiger partial charge in [0.05, 0.1) is 6.21 Å². The summed E-state index contributed by atoms with van der Waals surface area (Å²) < 4.78 is 5.87. The molecule has 0 N–H and O–H groups in total. The Kier molecular flexibility index (Phi) is 8.17. The summed E-state index contributed by atoms with van der Waals surface area (Å²) in [6.07, 6.45) is 2.95. The van der Waals surface area contributed by atoms with Crippen LogP contribution in [0.25, 0.3) is 0 Å². The Morgan fingerprint density at radius 3 is 2.67 bits per heavy atom. The number of hydrogen-bond donors (Lipinski definition) is 0. The molecule has 1 unspecified atom stereocenters. The lowest BCUT2D eigenvalue weighted by molar-refractivity contribution is 0.0970. The fourth-order valence-corrected chi connectivity index (χ4v) is 6.02. The molecule has 2 aliphatic heterocycles. The minimum atomic E-state index is 0.317. The van der Waals surface area contributed by atoms with Crippen molar-refractivity contribution in [1.82, 2.24) is 14.8 Å². The second-order valence-electron chi connectivity index (χ2n) is 9.57. The van der Waals surface area contributed by atoms with E-state index in [2.05, 4.69) is 63.3 Å². The summed E-state index contributed by atoms with van der Waals surface area (Å²) in [6.45, 7) is 5.30. The molecule has 0 aliphatic carbocycles. The highest BCUT2D eigenvalue weighted by Crippen LogP contribution is 2.43. The summed E-state index contributed by atoms with van der Waals surface area (Å²) in [5, 5.41) is 7.77. The third-order valence-corrected chi connectivity index (χ3v) is 8.15. The van der Waals surface area contributed by atoms with E-state index >= 15 is 0 Å². The van der Waals surface area contributed by atoms with Crippen molar-refractivity contribution in [3.05, 3.63) is 88.4 Å². The number of halogens is 1. The highest BCUT2D eigenvalue weighted by Gasteiger charge is 2.30. The average molecular weight is 521 g/mol. The molecule has 2 heterocycles. The van der Waals surface area contributed by atoms with E-state index in [0.717, 1.165) is 55.5 Å². The molecule has 36 heavy (non-hydrogen) atoms. The Labute approximate surface area is 223 Å². The molecular formula is C29H33ClN4OS. The van der Waals surface area contributed by atoms with Gasteiger partial charge >= 0.3 is 0 Å². The Balaban J connectivity index is 1.24. The fraction of sp³-hybridized carbons (Fsp3) is 0.345. The van der Waals surface area contributed by atoms with E-state index in [1.54, 1.807) is 0 Å². The lowest BCUT2D eigenvalue weighted by Crippen LogP contribution is -2.46. The molecule has 0 aromatic heterocycles. The van der Waals surface area contributed by atoms with Crippen LogP contribution in [0.3, 0.4) is 0 Å². The van der Waals surface area contributed by atoms with Crippen molar-refractivity contribution in [2.75, 3.05) is 53.4 Å². The smallest absolute Gasteiger partial charge is 0.120 e. The predicted molar refractivity (Wildman–Crippen MR) is 150 cm³/mol. The lowest BCUT2D eigenvalue weighted by atomic mass is 9.97. The molecule has 2 aliphatic rings. The topological polar surface area (TPSA) is 31.3 Å². The molecule has 1 atom stereocenters. The van der Waals surface area contributed by atoms with E-state index < -0.39 is 0 Å². The summed E-state index contributed by atoms with van der Waals surface area (Å²) in [6, 6.07) is 23.6. The summed E-state index contributed by atoms with van der Waals surface area (Å²) in [5.41, 5.74) is 3.81. The molecule has 0 bridgehead atoms. The molecule has 3 aromatic rings. The first-order valence-electron chi connectivity index (χ1n) is 12.5. The van der Waals surface area contributed by atoms with Gasteiger partial charge in [-0.15, -0.1) is 0 Å². The Hall–Kier alpha value is -2.51. The summed E-state index contributed by atoms with van der Waals surface area (Å²) >= 11 is 8.32. The van der Waals surface area contributed by atoms with E-state index in [0.29, 0.717) is 12.6 Å². The van der Waals surface area contributed by atoms with Crippen LogP contribution in [0.15, 0.2) is 81.6 Å². The number of ether oxygens (including phenoxy) is 1. The van der Waals surface area contributed by atoms with Crippen molar-refractivity contribution in [3.63, 3.8) is 0 Å². The van der Waals surface area contributed by atoms with Gasteiger partial charge in [0, 0.05) is 53.6 Å². The minimum absolute atomic E-state index is 0.317. The van der Waals surface area contributed by atoms with Gasteiger partial charge < -0.3 is 9.64 Å². The van der Waals surface area contributed by atoms with Crippen molar-refractivity contribution in [3.8, 4) is 5.75 Å². The average Bonchev–Trinajstić information content (AvgIpc) is 3.04. The highest BCUT2D eigenvalue weighted by molar-refractivity contribution is 7.99. The van der Waals surface area contributed by atoms with E-state index in [4.69, 9.17) is 21.4 Å². The van der Waals surface area contributed by atoms with Crippen LogP contribution in [-0.4, -0.2) is 74.4 Å². The van der Waals surface area contributed by atoms with Crippen LogP contribution in [0, 0.1) is 0 Å². The van der Waals surface area contributed by atoms with E-state index in [9.17, 15) is 0 Å². The number of likely N-dealkylation sites (N-methyl/N-ethyl adjacent to an activating group) is 1. The molecule has 0 saturated carbocycles. The van der Waals surface area contributed by atoms with E-state index in [1.807, 2.05) is 50.3 Å². The van der Waals surface area contributed by atoms with Gasteiger partial charge in [-0.3, -0.25) is 9.91 Å². The van der Waals surface area contributed by atoms with Crippen molar-refractivity contribution < 1.29 is 4.74 Å². The summed E-state index contributed by atoms with van der Waals surface area (Å²) in [4.78, 5) is 7.37. The van der Waals surface area contributed by atoms with Crippen LogP contribution in [0.5, 0.6) is 5.75 Å². The van der Waals surface area contributed by atoms with Gasteiger partial charge in [0.25, 0.3) is 0 Å². The molecule has 1 saturated heterocycles. The molecule has 0 amide bonds. The first-order valence-corrected chi connectivity index (χ1v) is 13.7. The molecule has 0 radical (unpaired) electrons. The maximum Gasteiger partial charge on any atom is 0.120 e. The number of hydrogen-bond acceptors (Lipinski definition) is 6. The zero-order valence-electron chi connectivity index (χ0n) is 20.9. The SMILES string of the molecule is CN(C)CCOc1cccc(/C=N\N2CCN(C3Cc4ccccc4Sc4ccc(Cl)cc43)CC2)c1. The van der Waals surface area contributed by atoms with Crippen LogP contribution >= 0.6 is 23.4 Å². The normalized spacial score (nSPS) is 18.2. The zero-order chi connectivity index (χ0) is 24.9. The third kappa shape index (κ3) is 6.24. The van der Waals surface area contributed by atoms with Crippen LogP contribution in [0.1, 0.15) is 22.7 Å². The first-order chi connectivity index (χ1) is 17.5. The van der Waals surface area contributed by atoms with Gasteiger partial charge in [0.2, 0.25) is 0 Å². The van der Waals surface area contributed by atoms with Crippen molar-refractivity contribution in [2.24, 2.45) is 5.10 Å². The van der Waals surface area contributed by atoms with E-state index in [1.165, 1.54) is 20.9 Å². The number of rotatable bonds is 7. The minimum Gasteiger partial charge on any atom is -0.492 e. The number of piperazine rings is 1. The van der Waals surface area contributed by atoms with Gasteiger partial charge in [0.1, 0.15) is 12.4 Å². The number of fused-ring (bicyclic) bond motifs is 2. The van der Waals surface area contributed by atoms with Gasteiger partial charge in [-0.05, 0) is 73.6 Å². The summed E-state index contributed by atoms with van der Waals surface area (Å²) in [7, 11) is 4.10. The molecule has 3 aromatic carbocycles. The number of nitrogens with zero attached hydrogens (tertiary/aromatic N) is 4. The van der Waals surface area contributed by atoms with Crippen molar-refractivity contribution >= 4 is 29.6 Å². The Bertz CT molecular complexity index is 1210. The number of hydrazone groups is 1. The molecule has 1 fully saturated rings. The van der Waals surface area contributed by atoms with Crippen LogP contribution in [0.4, 0.5) is 0 Å². The van der Waals surface area contributed by atoms with E-state index in [-0.39, 0.29) is 0 Å². The van der Waals surface area contributed by atoms with Gasteiger partial charge in [0.15, 0.2) is 0 Å². The molecule has 5 rings (SSSR count). The maximum atomic E-state index is 6.45. The maximum absolute atomic E-state index is 6.45. The molecule has 7 heteroatoms. The second-order valence-corrected chi connectivity index (χ2v) is 11.1. The number of benzene rings is 3. The van der Waals surface area contributed by atoms with Gasteiger partial charge in [-0.2, -0.15) is 5.10 Å². The third-order valence-electron chi connectivity index (χ3n) is 6.70. The zero-order valence-corrected chi connectivity index (χ0v) is 22.5. The predicted octanol–water partition coefficient (Wildman–Crippen LogP) is 5.68. The quantitative estimate of drug-likeness (QED) is 0.374. The standard InChI is InChI=1S/C29H33ClN4OS/c1-32(2)16-17-35-25-8-5-6-22(18-25)21-31-34-14-12-33(13-15-34)27-19-23-7-3-4-9-28(23)36-29-11-10-24(30)20-26(27)29/h3-11,18,20-21,27H,12-17,19H2,1-2H3/b31-21-. The van der Waals surface area contributed by atoms with Crippen LogP contribution in [-0.2, 0) is 6.42 Å². The highest BCUT2D eigenvalue weighted by atomic mass is 35.5. The van der Waals surface area contributed by atoms with Crippen molar-refractivity contribution in [1.29, 1.82) is 0 Å². The molecule has 0 spiro atoms. The lowest BCUT2D eigenvalue weighted by Gasteiger charge is -2.38. The first kappa shape index (κ1) is 25.2. The monoisotopic (exact) mass is 520 g/mol.